The lowest BCUT2D eigenvalue weighted by molar-refractivity contribution is 0.246. The molecular formula is C16H32Si. The first-order valence-corrected chi connectivity index (χ1v) is 11.0. The van der Waals surface area contributed by atoms with Crippen molar-refractivity contribution in [2.24, 2.45) is 11.3 Å². The van der Waals surface area contributed by atoms with E-state index in [0.29, 0.717) is 5.41 Å². The molecule has 2 fully saturated rings. The number of hydrogen-bond donors (Lipinski definition) is 0. The highest BCUT2D eigenvalue weighted by Crippen LogP contribution is 2.54. The Balaban J connectivity index is 1.99. The SMILES string of the molecule is CC(C)(C)C1CCC([Si](C)(C)C2CCCC2)C1. The Morgan fingerprint density at radius 1 is 0.824 bits per heavy atom. The van der Waals surface area contributed by atoms with Crippen LogP contribution in [-0.4, -0.2) is 8.07 Å². The van der Waals surface area contributed by atoms with Crippen LogP contribution in [0.5, 0.6) is 0 Å². The monoisotopic (exact) mass is 252 g/mol. The van der Waals surface area contributed by atoms with Gasteiger partial charge in [-0.25, -0.2) is 0 Å². The van der Waals surface area contributed by atoms with Crippen molar-refractivity contribution >= 4 is 8.07 Å². The van der Waals surface area contributed by atoms with Crippen molar-refractivity contribution in [2.75, 3.05) is 0 Å². The van der Waals surface area contributed by atoms with Crippen LogP contribution in [-0.2, 0) is 0 Å². The minimum absolute atomic E-state index is 0.551. The quantitative estimate of drug-likeness (QED) is 0.540. The molecule has 2 unspecified atom stereocenters. The second-order valence-corrected chi connectivity index (χ2v) is 13.7. The van der Waals surface area contributed by atoms with E-state index in [1.54, 1.807) is 25.7 Å². The fourth-order valence-corrected chi connectivity index (χ4v) is 8.81. The zero-order valence-corrected chi connectivity index (χ0v) is 13.7. The molecule has 1 heteroatoms. The van der Waals surface area contributed by atoms with Crippen LogP contribution in [0.15, 0.2) is 0 Å². The molecule has 0 aliphatic heterocycles. The molecule has 17 heavy (non-hydrogen) atoms. The van der Waals surface area contributed by atoms with Crippen LogP contribution in [0.1, 0.15) is 65.7 Å². The largest absolute Gasteiger partial charge is 0.0689 e. The van der Waals surface area contributed by atoms with Crippen molar-refractivity contribution < 1.29 is 0 Å². The molecule has 2 saturated carbocycles. The van der Waals surface area contributed by atoms with Crippen molar-refractivity contribution in [3.8, 4) is 0 Å². The third kappa shape index (κ3) is 2.80. The summed E-state index contributed by atoms with van der Waals surface area (Å²) in [7, 11) is -0.958. The topological polar surface area (TPSA) is 0 Å². The smallest absolute Gasteiger partial charge is 0.0536 e. The molecule has 2 atom stereocenters. The maximum atomic E-state index is 2.71. The van der Waals surface area contributed by atoms with Crippen LogP contribution in [0, 0.1) is 11.3 Å². The van der Waals surface area contributed by atoms with E-state index in [0.717, 1.165) is 17.0 Å². The normalized spacial score (nSPS) is 32.3. The Morgan fingerprint density at radius 2 is 1.41 bits per heavy atom. The first-order chi connectivity index (χ1) is 7.82. The lowest BCUT2D eigenvalue weighted by Crippen LogP contribution is -2.36. The van der Waals surface area contributed by atoms with Gasteiger partial charge in [0.2, 0.25) is 0 Å². The van der Waals surface area contributed by atoms with Crippen LogP contribution >= 0.6 is 0 Å². The van der Waals surface area contributed by atoms with Crippen molar-refractivity contribution in [2.45, 2.75) is 89.9 Å². The van der Waals surface area contributed by atoms with Gasteiger partial charge in [0.15, 0.2) is 0 Å². The first-order valence-electron chi connectivity index (χ1n) is 7.82. The molecule has 0 bridgehead atoms. The summed E-state index contributed by atoms with van der Waals surface area (Å²) in [4.78, 5) is 0. The summed E-state index contributed by atoms with van der Waals surface area (Å²) < 4.78 is 0. The highest BCUT2D eigenvalue weighted by molar-refractivity contribution is 6.80. The molecule has 0 aromatic heterocycles. The highest BCUT2D eigenvalue weighted by atomic mass is 28.3. The summed E-state index contributed by atoms with van der Waals surface area (Å²) in [6.07, 6.45) is 10.8. The predicted molar refractivity (Wildman–Crippen MR) is 80.2 cm³/mol. The molecule has 0 saturated heterocycles. The zero-order chi connectivity index (χ0) is 12.7. The van der Waals surface area contributed by atoms with E-state index in [4.69, 9.17) is 0 Å². The Morgan fingerprint density at radius 3 is 1.88 bits per heavy atom. The van der Waals surface area contributed by atoms with E-state index in [2.05, 4.69) is 33.9 Å². The Hall–Kier alpha value is 0.217. The van der Waals surface area contributed by atoms with E-state index in [1.165, 1.54) is 19.3 Å². The molecule has 0 aromatic carbocycles. The van der Waals surface area contributed by atoms with Gasteiger partial charge in [0.1, 0.15) is 0 Å². The van der Waals surface area contributed by atoms with Gasteiger partial charge in [-0.2, -0.15) is 0 Å². The van der Waals surface area contributed by atoms with Gasteiger partial charge in [0.05, 0.1) is 8.07 Å². The minimum Gasteiger partial charge on any atom is -0.0689 e. The molecule has 2 aliphatic rings. The lowest BCUT2D eigenvalue weighted by Gasteiger charge is -2.37. The van der Waals surface area contributed by atoms with Crippen molar-refractivity contribution in [1.29, 1.82) is 0 Å². The Labute approximate surface area is 110 Å². The second-order valence-electron chi connectivity index (χ2n) is 8.38. The summed E-state index contributed by atoms with van der Waals surface area (Å²) in [5, 5.41) is 0. The third-order valence-electron chi connectivity index (χ3n) is 6.12. The molecule has 0 spiro atoms. The number of rotatable bonds is 2. The Kier molecular flexibility index (Phi) is 3.79. The molecule has 0 N–H and O–H groups in total. The van der Waals surface area contributed by atoms with Crippen LogP contribution < -0.4 is 0 Å². The standard InChI is InChI=1S/C16H32Si/c1-16(2,3)13-10-11-15(12-13)17(4,5)14-8-6-7-9-14/h13-15H,6-12H2,1-5H3. The molecular weight excluding hydrogens is 220 g/mol. The van der Waals surface area contributed by atoms with Crippen LogP contribution in [0.4, 0.5) is 0 Å². The first kappa shape index (κ1) is 13.6. The molecule has 0 radical (unpaired) electrons. The van der Waals surface area contributed by atoms with Gasteiger partial charge in [0, 0.05) is 0 Å². The van der Waals surface area contributed by atoms with Gasteiger partial charge >= 0.3 is 0 Å². The predicted octanol–water partition coefficient (Wildman–Crippen LogP) is 5.86. The molecule has 2 aliphatic carbocycles. The van der Waals surface area contributed by atoms with Gasteiger partial charge in [-0.15, -0.1) is 0 Å². The third-order valence-corrected chi connectivity index (χ3v) is 11.4. The van der Waals surface area contributed by atoms with Crippen molar-refractivity contribution in [3.63, 3.8) is 0 Å². The van der Waals surface area contributed by atoms with E-state index >= 15 is 0 Å². The van der Waals surface area contributed by atoms with E-state index < -0.39 is 8.07 Å². The fraction of sp³-hybridized carbons (Fsp3) is 1.00. The summed E-state index contributed by atoms with van der Waals surface area (Å²) in [6.45, 7) is 12.8. The van der Waals surface area contributed by atoms with Crippen LogP contribution in [0.2, 0.25) is 24.2 Å². The maximum Gasteiger partial charge on any atom is 0.0536 e. The van der Waals surface area contributed by atoms with Gasteiger partial charge < -0.3 is 0 Å². The van der Waals surface area contributed by atoms with E-state index in [-0.39, 0.29) is 0 Å². The molecule has 100 valence electrons. The lowest BCUT2D eigenvalue weighted by atomic mass is 9.80. The molecule has 0 amide bonds. The number of hydrogen-bond acceptors (Lipinski definition) is 0. The molecule has 0 nitrogen and oxygen atoms in total. The molecule has 2 rings (SSSR count). The average Bonchev–Trinajstić information content (AvgIpc) is 2.89. The van der Waals surface area contributed by atoms with Crippen LogP contribution in [0.3, 0.4) is 0 Å². The fourth-order valence-electron chi connectivity index (χ4n) is 4.45. The molecule has 0 heterocycles. The molecule has 0 aromatic rings. The maximum absolute atomic E-state index is 2.71. The summed E-state index contributed by atoms with van der Waals surface area (Å²) in [6, 6.07) is 0. The average molecular weight is 253 g/mol. The van der Waals surface area contributed by atoms with Gasteiger partial charge in [-0.3, -0.25) is 0 Å². The van der Waals surface area contributed by atoms with Crippen molar-refractivity contribution in [3.05, 3.63) is 0 Å². The summed E-state index contributed by atoms with van der Waals surface area (Å²) >= 11 is 0. The minimum atomic E-state index is -0.958. The van der Waals surface area contributed by atoms with Crippen LogP contribution in [0.25, 0.3) is 0 Å². The summed E-state index contributed by atoms with van der Waals surface area (Å²) in [5.74, 6) is 1.00. The highest BCUT2D eigenvalue weighted by Gasteiger charge is 2.45. The van der Waals surface area contributed by atoms with Gasteiger partial charge in [-0.1, -0.05) is 66.0 Å². The van der Waals surface area contributed by atoms with E-state index in [9.17, 15) is 0 Å². The van der Waals surface area contributed by atoms with E-state index in [1.807, 2.05) is 0 Å². The van der Waals surface area contributed by atoms with Gasteiger partial charge in [0.25, 0.3) is 0 Å². The van der Waals surface area contributed by atoms with Gasteiger partial charge in [-0.05, 0) is 35.3 Å². The summed E-state index contributed by atoms with van der Waals surface area (Å²) in [5.41, 5.74) is 2.84. The van der Waals surface area contributed by atoms with Crippen molar-refractivity contribution in [1.82, 2.24) is 0 Å². The zero-order valence-electron chi connectivity index (χ0n) is 12.7. The second kappa shape index (κ2) is 4.72. The Bertz CT molecular complexity index is 255.